The van der Waals surface area contributed by atoms with E-state index in [9.17, 15) is 16.7 Å². The first-order valence-electron chi connectivity index (χ1n) is 2.80. The minimum atomic E-state index is -4.87. The second-order valence-corrected chi connectivity index (χ2v) is 3.83. The van der Waals surface area contributed by atoms with E-state index in [1.54, 1.807) is 0 Å². The minimum absolute atomic E-state index is 0.161. The van der Waals surface area contributed by atoms with Crippen molar-refractivity contribution in [3.63, 3.8) is 0 Å². The van der Waals surface area contributed by atoms with Gasteiger partial charge in [-0.1, -0.05) is 11.6 Å². The van der Waals surface area contributed by atoms with Gasteiger partial charge in [-0.25, -0.2) is 4.39 Å². The van der Waals surface area contributed by atoms with Crippen LogP contribution in [0.1, 0.15) is 0 Å². The van der Waals surface area contributed by atoms with Crippen LogP contribution >= 0.6 is 11.6 Å². The summed E-state index contributed by atoms with van der Waals surface area (Å²) in [4.78, 5) is -0.771. The molecule has 2 nitrogen and oxygen atoms in total. The molecule has 0 radical (unpaired) electrons. The molecule has 0 fully saturated rings. The molecule has 12 heavy (non-hydrogen) atoms. The van der Waals surface area contributed by atoms with Gasteiger partial charge in [-0.05, 0) is 18.2 Å². The number of hydrogen-bond acceptors (Lipinski definition) is 2. The lowest BCUT2D eigenvalue weighted by atomic mass is 10.3. The Hall–Kier alpha value is -0.680. The van der Waals surface area contributed by atoms with Crippen LogP contribution in [0.5, 0.6) is 0 Å². The second-order valence-electron chi connectivity index (χ2n) is 2.04. The molecule has 0 atom stereocenters. The van der Waals surface area contributed by atoms with E-state index in [4.69, 9.17) is 11.6 Å². The third-order valence-electron chi connectivity index (χ3n) is 1.12. The van der Waals surface area contributed by atoms with Crippen LogP contribution in [-0.4, -0.2) is 8.42 Å². The Balaban J connectivity index is 3.37. The van der Waals surface area contributed by atoms with Crippen molar-refractivity contribution in [2.75, 3.05) is 0 Å². The fourth-order valence-electron chi connectivity index (χ4n) is 0.669. The molecule has 0 saturated carbocycles. The molecule has 0 aliphatic carbocycles. The highest BCUT2D eigenvalue weighted by Crippen LogP contribution is 2.19. The van der Waals surface area contributed by atoms with Gasteiger partial charge in [0.05, 0.1) is 0 Å². The molecule has 0 amide bonds. The van der Waals surface area contributed by atoms with Crippen LogP contribution in [-0.2, 0) is 10.2 Å². The predicted octanol–water partition coefficient (Wildman–Crippen LogP) is 2.14. The molecule has 0 heterocycles. The van der Waals surface area contributed by atoms with Crippen LogP contribution in [0, 0.1) is 5.82 Å². The van der Waals surface area contributed by atoms with Gasteiger partial charge in [0.2, 0.25) is 0 Å². The summed E-state index contributed by atoms with van der Waals surface area (Å²) in [6.07, 6.45) is 0. The summed E-state index contributed by atoms with van der Waals surface area (Å²) in [5.41, 5.74) is 0. The van der Waals surface area contributed by atoms with E-state index < -0.39 is 20.9 Å². The zero-order chi connectivity index (χ0) is 9.35. The van der Waals surface area contributed by atoms with Gasteiger partial charge in [0, 0.05) is 5.02 Å². The first-order chi connectivity index (χ1) is 5.39. The maximum atomic E-state index is 12.4. The molecule has 0 saturated heterocycles. The Kier molecular flexibility index (Phi) is 2.34. The fourth-order valence-corrected chi connectivity index (χ4v) is 1.48. The molecular weight excluding hydrogens is 210 g/mol. The Morgan fingerprint density at radius 3 is 2.25 bits per heavy atom. The van der Waals surface area contributed by atoms with E-state index in [1.807, 2.05) is 0 Å². The molecule has 1 rings (SSSR count). The highest BCUT2D eigenvalue weighted by Gasteiger charge is 2.13. The maximum Gasteiger partial charge on any atom is 0.332 e. The topological polar surface area (TPSA) is 34.1 Å². The van der Waals surface area contributed by atoms with Crippen molar-refractivity contribution in [1.82, 2.24) is 0 Å². The predicted molar refractivity (Wildman–Crippen MR) is 39.7 cm³/mol. The maximum absolute atomic E-state index is 12.4. The largest absolute Gasteiger partial charge is 0.332 e. The number of halogens is 3. The molecule has 0 aliphatic rings. The zero-order valence-electron chi connectivity index (χ0n) is 5.59. The lowest BCUT2D eigenvalue weighted by molar-refractivity contribution is 0.549. The first kappa shape index (κ1) is 9.41. The van der Waals surface area contributed by atoms with E-state index >= 15 is 0 Å². The Labute approximate surface area is 73.0 Å². The van der Waals surface area contributed by atoms with Crippen LogP contribution < -0.4 is 0 Å². The van der Waals surface area contributed by atoms with Gasteiger partial charge < -0.3 is 0 Å². The third-order valence-corrected chi connectivity index (χ3v) is 2.13. The van der Waals surface area contributed by atoms with Gasteiger partial charge >= 0.3 is 10.2 Å². The summed E-state index contributed by atoms with van der Waals surface area (Å²) in [5.74, 6) is -0.890. The Bertz CT molecular complexity index is 382. The molecule has 66 valence electrons. The van der Waals surface area contributed by atoms with Gasteiger partial charge in [0.15, 0.2) is 0 Å². The van der Waals surface area contributed by atoms with E-state index in [2.05, 4.69) is 0 Å². The van der Waals surface area contributed by atoms with Crippen molar-refractivity contribution >= 4 is 21.8 Å². The van der Waals surface area contributed by atoms with E-state index in [0.29, 0.717) is 6.07 Å². The van der Waals surface area contributed by atoms with E-state index in [1.165, 1.54) is 0 Å². The standard InChI is InChI=1S/C6H3ClF2O2S/c7-4-1-5(8)3-6(2-4)12(9,10)11/h1-3H. The van der Waals surface area contributed by atoms with Crippen molar-refractivity contribution in [3.8, 4) is 0 Å². The number of benzene rings is 1. The summed E-state index contributed by atoms with van der Waals surface area (Å²) < 4.78 is 45.2. The van der Waals surface area contributed by atoms with E-state index in [0.717, 1.165) is 12.1 Å². The van der Waals surface area contributed by atoms with Crippen LogP contribution in [0.4, 0.5) is 8.28 Å². The molecule has 0 aromatic heterocycles. The highest BCUT2D eigenvalue weighted by molar-refractivity contribution is 7.86. The molecule has 0 N–H and O–H groups in total. The molecular formula is C6H3ClF2O2S. The van der Waals surface area contributed by atoms with Crippen molar-refractivity contribution in [1.29, 1.82) is 0 Å². The molecule has 6 heteroatoms. The molecule has 0 aliphatic heterocycles. The van der Waals surface area contributed by atoms with Crippen molar-refractivity contribution in [2.45, 2.75) is 4.90 Å². The van der Waals surface area contributed by atoms with Crippen molar-refractivity contribution < 1.29 is 16.7 Å². The summed E-state index contributed by atoms with van der Waals surface area (Å²) in [6, 6.07) is 2.28. The summed E-state index contributed by atoms with van der Waals surface area (Å²) in [7, 11) is -4.87. The smallest absolute Gasteiger partial charge is 0.207 e. The highest BCUT2D eigenvalue weighted by atomic mass is 35.5. The van der Waals surface area contributed by atoms with Crippen LogP contribution in [0.3, 0.4) is 0 Å². The van der Waals surface area contributed by atoms with Crippen LogP contribution in [0.15, 0.2) is 23.1 Å². The molecule has 0 unspecified atom stereocenters. The average Bonchev–Trinajstić information content (AvgIpc) is 1.82. The van der Waals surface area contributed by atoms with Gasteiger partial charge in [-0.3, -0.25) is 0 Å². The van der Waals surface area contributed by atoms with E-state index in [-0.39, 0.29) is 5.02 Å². The van der Waals surface area contributed by atoms with Gasteiger partial charge in [-0.15, -0.1) is 3.89 Å². The lowest BCUT2D eigenvalue weighted by Crippen LogP contribution is -1.92. The van der Waals surface area contributed by atoms with Gasteiger partial charge in [-0.2, -0.15) is 8.42 Å². The summed E-state index contributed by atoms with van der Waals surface area (Å²) in [6.45, 7) is 0. The fraction of sp³-hybridized carbons (Fsp3) is 0. The summed E-state index contributed by atoms with van der Waals surface area (Å²) >= 11 is 5.29. The SMILES string of the molecule is O=S(=O)(F)c1cc(F)cc(Cl)c1. The monoisotopic (exact) mass is 212 g/mol. The quantitative estimate of drug-likeness (QED) is 0.669. The van der Waals surface area contributed by atoms with Crippen LogP contribution in [0.2, 0.25) is 5.02 Å². The van der Waals surface area contributed by atoms with Crippen LogP contribution in [0.25, 0.3) is 0 Å². The van der Waals surface area contributed by atoms with Crippen molar-refractivity contribution in [3.05, 3.63) is 29.0 Å². The van der Waals surface area contributed by atoms with Crippen molar-refractivity contribution in [2.24, 2.45) is 0 Å². The van der Waals surface area contributed by atoms with Gasteiger partial charge in [0.25, 0.3) is 0 Å². The third kappa shape index (κ3) is 2.15. The molecule has 0 bridgehead atoms. The molecule has 1 aromatic carbocycles. The summed E-state index contributed by atoms with van der Waals surface area (Å²) in [5, 5.41) is -0.161. The molecule has 1 aromatic rings. The normalized spacial score (nSPS) is 11.6. The second kappa shape index (κ2) is 2.99. The zero-order valence-corrected chi connectivity index (χ0v) is 7.16. The average molecular weight is 213 g/mol. The number of rotatable bonds is 1. The first-order valence-corrected chi connectivity index (χ1v) is 4.56. The Morgan fingerprint density at radius 1 is 1.25 bits per heavy atom. The Morgan fingerprint density at radius 2 is 1.83 bits per heavy atom. The minimum Gasteiger partial charge on any atom is -0.207 e. The lowest BCUT2D eigenvalue weighted by Gasteiger charge is -1.95. The number of hydrogen-bond donors (Lipinski definition) is 0. The van der Waals surface area contributed by atoms with Gasteiger partial charge in [0.1, 0.15) is 10.7 Å². The molecule has 0 spiro atoms.